The summed E-state index contributed by atoms with van der Waals surface area (Å²) >= 11 is 0. The van der Waals surface area contributed by atoms with Crippen molar-refractivity contribution in [3.8, 4) is 5.75 Å². The SMILES string of the molecule is CC1CCc2c(CC3CCCNC3)cccc2O1. The second kappa shape index (κ2) is 5.31. The molecule has 2 aliphatic heterocycles. The van der Waals surface area contributed by atoms with Crippen molar-refractivity contribution < 1.29 is 4.74 Å². The van der Waals surface area contributed by atoms with Crippen molar-refractivity contribution in [3.05, 3.63) is 29.3 Å². The molecule has 1 fully saturated rings. The van der Waals surface area contributed by atoms with E-state index < -0.39 is 0 Å². The molecule has 2 unspecified atom stereocenters. The Labute approximate surface area is 110 Å². The van der Waals surface area contributed by atoms with Crippen molar-refractivity contribution in [1.29, 1.82) is 0 Å². The Balaban J connectivity index is 1.77. The topological polar surface area (TPSA) is 21.3 Å². The molecule has 2 heteroatoms. The van der Waals surface area contributed by atoms with E-state index in [4.69, 9.17) is 4.74 Å². The highest BCUT2D eigenvalue weighted by Gasteiger charge is 2.21. The van der Waals surface area contributed by atoms with E-state index in [-0.39, 0.29) is 0 Å². The van der Waals surface area contributed by atoms with Gasteiger partial charge in [-0.3, -0.25) is 0 Å². The number of piperidine rings is 1. The Hall–Kier alpha value is -1.02. The van der Waals surface area contributed by atoms with E-state index in [0.29, 0.717) is 6.10 Å². The lowest BCUT2D eigenvalue weighted by atomic mass is 9.88. The summed E-state index contributed by atoms with van der Waals surface area (Å²) in [5.74, 6) is 1.94. The predicted molar refractivity (Wildman–Crippen MR) is 74.2 cm³/mol. The molecule has 1 N–H and O–H groups in total. The van der Waals surface area contributed by atoms with Gasteiger partial charge in [-0.2, -0.15) is 0 Å². The van der Waals surface area contributed by atoms with Crippen LogP contribution < -0.4 is 10.1 Å². The summed E-state index contributed by atoms with van der Waals surface area (Å²) in [4.78, 5) is 0. The molecule has 98 valence electrons. The number of benzene rings is 1. The monoisotopic (exact) mass is 245 g/mol. The van der Waals surface area contributed by atoms with E-state index in [1.165, 1.54) is 49.9 Å². The third kappa shape index (κ3) is 2.54. The van der Waals surface area contributed by atoms with Gasteiger partial charge >= 0.3 is 0 Å². The van der Waals surface area contributed by atoms with Crippen LogP contribution >= 0.6 is 0 Å². The van der Waals surface area contributed by atoms with Gasteiger partial charge in [0, 0.05) is 0 Å². The lowest BCUT2D eigenvalue weighted by molar-refractivity contribution is 0.191. The standard InChI is InChI=1S/C16H23NO/c1-12-7-8-15-14(5-2-6-16(15)18-12)10-13-4-3-9-17-11-13/h2,5-6,12-13,17H,3-4,7-11H2,1H3. The normalized spacial score (nSPS) is 27.4. The molecular formula is C16H23NO. The fourth-order valence-electron chi connectivity index (χ4n) is 3.23. The largest absolute Gasteiger partial charge is 0.490 e. The second-order valence-corrected chi connectivity index (χ2v) is 5.78. The maximum absolute atomic E-state index is 5.95. The van der Waals surface area contributed by atoms with Gasteiger partial charge in [0.25, 0.3) is 0 Å². The highest BCUT2D eigenvalue weighted by atomic mass is 16.5. The summed E-state index contributed by atoms with van der Waals surface area (Å²) in [6, 6.07) is 6.59. The molecule has 0 saturated carbocycles. The molecule has 2 atom stereocenters. The summed E-state index contributed by atoms with van der Waals surface area (Å²) in [6.07, 6.45) is 6.64. The molecule has 0 aromatic heterocycles. The Bertz CT molecular complexity index is 410. The highest BCUT2D eigenvalue weighted by molar-refractivity contribution is 5.42. The number of nitrogens with one attached hydrogen (secondary N) is 1. The summed E-state index contributed by atoms with van der Waals surface area (Å²) in [6.45, 7) is 4.55. The van der Waals surface area contributed by atoms with Gasteiger partial charge in [0.2, 0.25) is 0 Å². The van der Waals surface area contributed by atoms with Crippen molar-refractivity contribution in [2.24, 2.45) is 5.92 Å². The summed E-state index contributed by atoms with van der Waals surface area (Å²) in [5, 5.41) is 3.51. The number of ether oxygens (including phenoxy) is 1. The van der Waals surface area contributed by atoms with E-state index in [9.17, 15) is 0 Å². The van der Waals surface area contributed by atoms with Crippen LogP contribution in [0.4, 0.5) is 0 Å². The number of rotatable bonds is 2. The van der Waals surface area contributed by atoms with Crippen LogP contribution in [0.25, 0.3) is 0 Å². The summed E-state index contributed by atoms with van der Waals surface area (Å²) < 4.78 is 5.95. The molecule has 1 aromatic rings. The molecule has 1 saturated heterocycles. The fraction of sp³-hybridized carbons (Fsp3) is 0.625. The first-order valence-corrected chi connectivity index (χ1v) is 7.31. The highest BCUT2D eigenvalue weighted by Crippen LogP contribution is 2.32. The van der Waals surface area contributed by atoms with Crippen LogP contribution in [0.5, 0.6) is 5.75 Å². The van der Waals surface area contributed by atoms with Crippen molar-refractivity contribution in [1.82, 2.24) is 5.32 Å². The molecular weight excluding hydrogens is 222 g/mol. The van der Waals surface area contributed by atoms with E-state index in [1.807, 2.05) is 0 Å². The smallest absolute Gasteiger partial charge is 0.123 e. The zero-order valence-corrected chi connectivity index (χ0v) is 11.2. The quantitative estimate of drug-likeness (QED) is 0.865. The van der Waals surface area contributed by atoms with Crippen LogP contribution in [0.15, 0.2) is 18.2 Å². The first kappa shape index (κ1) is 12.0. The fourth-order valence-corrected chi connectivity index (χ4v) is 3.23. The Morgan fingerprint density at radius 1 is 1.33 bits per heavy atom. The zero-order chi connectivity index (χ0) is 12.4. The van der Waals surface area contributed by atoms with Gasteiger partial charge in [0.1, 0.15) is 5.75 Å². The minimum Gasteiger partial charge on any atom is -0.490 e. The van der Waals surface area contributed by atoms with Crippen LogP contribution in [-0.2, 0) is 12.8 Å². The van der Waals surface area contributed by atoms with Crippen LogP contribution in [-0.4, -0.2) is 19.2 Å². The Morgan fingerprint density at radius 3 is 3.11 bits per heavy atom. The molecule has 3 rings (SSSR count). The Morgan fingerprint density at radius 2 is 2.28 bits per heavy atom. The summed E-state index contributed by atoms with van der Waals surface area (Å²) in [7, 11) is 0. The predicted octanol–water partition coefficient (Wildman–Crippen LogP) is 2.94. The average Bonchev–Trinajstić information content (AvgIpc) is 2.40. The zero-order valence-electron chi connectivity index (χ0n) is 11.2. The second-order valence-electron chi connectivity index (χ2n) is 5.78. The molecule has 2 nitrogen and oxygen atoms in total. The van der Waals surface area contributed by atoms with Gasteiger partial charge in [-0.1, -0.05) is 12.1 Å². The van der Waals surface area contributed by atoms with E-state index in [1.54, 1.807) is 0 Å². The van der Waals surface area contributed by atoms with Gasteiger partial charge in [0.05, 0.1) is 6.10 Å². The maximum atomic E-state index is 5.95. The van der Waals surface area contributed by atoms with Crippen LogP contribution in [0.2, 0.25) is 0 Å². The molecule has 1 aromatic carbocycles. The molecule has 18 heavy (non-hydrogen) atoms. The van der Waals surface area contributed by atoms with Crippen LogP contribution in [0, 0.1) is 5.92 Å². The number of hydrogen-bond donors (Lipinski definition) is 1. The van der Waals surface area contributed by atoms with Gasteiger partial charge in [-0.15, -0.1) is 0 Å². The maximum Gasteiger partial charge on any atom is 0.123 e. The minimum absolute atomic E-state index is 0.379. The van der Waals surface area contributed by atoms with Crippen LogP contribution in [0.1, 0.15) is 37.3 Å². The van der Waals surface area contributed by atoms with Crippen molar-refractivity contribution in [3.63, 3.8) is 0 Å². The Kier molecular flexibility index (Phi) is 3.55. The first-order valence-electron chi connectivity index (χ1n) is 7.31. The van der Waals surface area contributed by atoms with E-state index >= 15 is 0 Å². The van der Waals surface area contributed by atoms with Crippen molar-refractivity contribution in [2.45, 2.75) is 45.1 Å². The molecule has 2 heterocycles. The third-order valence-electron chi connectivity index (χ3n) is 4.27. The van der Waals surface area contributed by atoms with Gasteiger partial charge < -0.3 is 10.1 Å². The first-order chi connectivity index (χ1) is 8.83. The molecule has 0 spiro atoms. The minimum atomic E-state index is 0.379. The molecule has 2 aliphatic rings. The van der Waals surface area contributed by atoms with Crippen LogP contribution in [0.3, 0.4) is 0 Å². The van der Waals surface area contributed by atoms with Gasteiger partial charge in [-0.05, 0) is 75.2 Å². The molecule has 0 amide bonds. The third-order valence-corrected chi connectivity index (χ3v) is 4.27. The summed E-state index contributed by atoms with van der Waals surface area (Å²) in [5.41, 5.74) is 2.99. The number of hydrogen-bond acceptors (Lipinski definition) is 2. The van der Waals surface area contributed by atoms with E-state index in [0.717, 1.165) is 18.1 Å². The average molecular weight is 245 g/mol. The molecule has 0 aliphatic carbocycles. The van der Waals surface area contributed by atoms with Gasteiger partial charge in [-0.25, -0.2) is 0 Å². The molecule has 0 radical (unpaired) electrons. The van der Waals surface area contributed by atoms with E-state index in [2.05, 4.69) is 30.4 Å². The lowest BCUT2D eigenvalue weighted by Gasteiger charge is -2.28. The van der Waals surface area contributed by atoms with Crippen molar-refractivity contribution >= 4 is 0 Å². The number of fused-ring (bicyclic) bond motifs is 1. The van der Waals surface area contributed by atoms with Crippen molar-refractivity contribution in [2.75, 3.05) is 13.1 Å². The lowest BCUT2D eigenvalue weighted by Crippen LogP contribution is -2.31. The van der Waals surface area contributed by atoms with Gasteiger partial charge in [0.15, 0.2) is 0 Å². The molecule has 0 bridgehead atoms.